The topological polar surface area (TPSA) is 155 Å². The average Bonchev–Trinajstić information content (AvgIpc) is 3.44. The molecule has 3 atom stereocenters. The molecular weight excluding hydrogens is 520 g/mol. The van der Waals surface area contributed by atoms with Crippen LogP contribution in [0.2, 0.25) is 0 Å². The lowest BCUT2D eigenvalue weighted by Gasteiger charge is -2.22. The number of hydrogen-bond acceptors (Lipinski definition) is 10. The van der Waals surface area contributed by atoms with Crippen molar-refractivity contribution in [2.24, 2.45) is 0 Å². The van der Waals surface area contributed by atoms with Crippen molar-refractivity contribution in [2.75, 3.05) is 30.4 Å². The van der Waals surface area contributed by atoms with Crippen LogP contribution in [0, 0.1) is 6.92 Å². The number of sulfonamides is 1. The van der Waals surface area contributed by atoms with Gasteiger partial charge in [-0.05, 0) is 38.0 Å². The van der Waals surface area contributed by atoms with E-state index in [-0.39, 0.29) is 17.5 Å². The number of sulfone groups is 1. The van der Waals surface area contributed by atoms with Crippen LogP contribution in [-0.2, 0) is 19.9 Å². The third kappa shape index (κ3) is 5.39. The maximum absolute atomic E-state index is 13.5. The molecule has 0 saturated carbocycles. The fourth-order valence-electron chi connectivity index (χ4n) is 4.23. The van der Waals surface area contributed by atoms with Gasteiger partial charge in [0.1, 0.15) is 28.8 Å². The number of benzene rings is 1. The number of aryl methyl sites for hydroxylation is 1. The molecule has 3 heterocycles. The number of rotatable bonds is 9. The van der Waals surface area contributed by atoms with E-state index in [0.29, 0.717) is 35.3 Å². The van der Waals surface area contributed by atoms with E-state index >= 15 is 0 Å². The predicted octanol–water partition coefficient (Wildman–Crippen LogP) is 2.22. The molecule has 1 saturated heterocycles. The van der Waals surface area contributed by atoms with Gasteiger partial charge in [0.05, 0.1) is 31.0 Å². The fraction of sp³-hybridized carbons (Fsp3) is 0.478. The van der Waals surface area contributed by atoms with E-state index in [4.69, 9.17) is 9.47 Å². The number of para-hydroxylation sites is 1. The van der Waals surface area contributed by atoms with Crippen LogP contribution in [-0.4, -0.2) is 72.5 Å². The zero-order valence-electron chi connectivity index (χ0n) is 21.2. The first kappa shape index (κ1) is 26.8. The Hall–Kier alpha value is -3.26. The van der Waals surface area contributed by atoms with Gasteiger partial charge in [0.2, 0.25) is 16.0 Å². The highest BCUT2D eigenvalue weighted by atomic mass is 32.2. The Morgan fingerprint density at radius 3 is 2.24 bits per heavy atom. The van der Waals surface area contributed by atoms with Gasteiger partial charge in [-0.2, -0.15) is 0 Å². The Morgan fingerprint density at radius 1 is 1.08 bits per heavy atom. The van der Waals surface area contributed by atoms with E-state index in [2.05, 4.69) is 24.9 Å². The van der Waals surface area contributed by atoms with E-state index in [0.717, 1.165) is 5.56 Å². The summed E-state index contributed by atoms with van der Waals surface area (Å²) < 4.78 is 66.6. The molecule has 0 aliphatic carbocycles. The lowest BCUT2D eigenvalue weighted by atomic mass is 10.1. The van der Waals surface area contributed by atoms with Crippen LogP contribution >= 0.6 is 0 Å². The number of nitrogens with one attached hydrogen (secondary N) is 1. The van der Waals surface area contributed by atoms with Gasteiger partial charge >= 0.3 is 0 Å². The number of ether oxygens (including phenoxy) is 2. The molecule has 2 aromatic heterocycles. The molecule has 37 heavy (non-hydrogen) atoms. The smallest absolute Gasteiger partial charge is 0.243 e. The van der Waals surface area contributed by atoms with Crippen molar-refractivity contribution >= 4 is 25.8 Å². The third-order valence-corrected chi connectivity index (χ3v) is 10.2. The number of nitrogens with zero attached hydrogens (tertiary/aromatic N) is 5. The van der Waals surface area contributed by atoms with Gasteiger partial charge in [-0.3, -0.25) is 9.29 Å². The van der Waals surface area contributed by atoms with Gasteiger partial charge < -0.3 is 9.47 Å². The maximum Gasteiger partial charge on any atom is 0.243 e. The molecule has 3 aromatic rings. The van der Waals surface area contributed by atoms with Gasteiger partial charge in [-0.1, -0.05) is 13.0 Å². The Labute approximate surface area is 216 Å². The molecule has 0 radical (unpaired) electrons. The first-order valence-electron chi connectivity index (χ1n) is 11.6. The molecule has 1 N–H and O–H groups in total. The predicted molar refractivity (Wildman–Crippen MR) is 138 cm³/mol. The maximum atomic E-state index is 13.5. The third-order valence-electron chi connectivity index (χ3n) is 6.55. The molecule has 1 aromatic carbocycles. The monoisotopic (exact) mass is 550 g/mol. The molecule has 200 valence electrons. The van der Waals surface area contributed by atoms with Crippen LogP contribution < -0.4 is 14.2 Å². The normalized spacial score (nSPS) is 18.8. The molecule has 12 nitrogen and oxygen atoms in total. The summed E-state index contributed by atoms with van der Waals surface area (Å²) in [4.78, 5) is 8.55. The first-order chi connectivity index (χ1) is 17.5. The average molecular weight is 551 g/mol. The number of hydrogen-bond donors (Lipinski definition) is 1. The Balaban J connectivity index is 1.79. The second-order valence-corrected chi connectivity index (χ2v) is 13.4. The summed E-state index contributed by atoms with van der Waals surface area (Å²) in [5, 5.41) is 7.43. The van der Waals surface area contributed by atoms with Gasteiger partial charge in [0.25, 0.3) is 0 Å². The van der Waals surface area contributed by atoms with Gasteiger partial charge in [0.15, 0.2) is 9.84 Å². The molecule has 1 fully saturated rings. The van der Waals surface area contributed by atoms with Crippen LogP contribution in [0.4, 0.5) is 5.95 Å². The highest BCUT2D eigenvalue weighted by Crippen LogP contribution is 2.39. The second kappa shape index (κ2) is 10.2. The van der Waals surface area contributed by atoms with Crippen LogP contribution in [0.1, 0.15) is 49.3 Å². The minimum absolute atomic E-state index is 0.0136. The zero-order valence-corrected chi connectivity index (χ0v) is 22.9. The zero-order chi connectivity index (χ0) is 27.0. The number of aromatic nitrogens is 5. The Bertz CT molecular complexity index is 1470. The van der Waals surface area contributed by atoms with Crippen LogP contribution in [0.5, 0.6) is 11.5 Å². The van der Waals surface area contributed by atoms with Crippen molar-refractivity contribution in [2.45, 2.75) is 44.3 Å². The van der Waals surface area contributed by atoms with Gasteiger partial charge in [-0.25, -0.2) is 26.8 Å². The van der Waals surface area contributed by atoms with Crippen molar-refractivity contribution in [1.82, 2.24) is 24.7 Å². The van der Waals surface area contributed by atoms with Crippen LogP contribution in [0.25, 0.3) is 5.69 Å². The van der Waals surface area contributed by atoms with E-state index in [1.165, 1.54) is 18.8 Å². The molecule has 1 aliphatic rings. The van der Waals surface area contributed by atoms with Crippen molar-refractivity contribution < 1.29 is 26.3 Å². The quantitative estimate of drug-likeness (QED) is 0.419. The van der Waals surface area contributed by atoms with Crippen molar-refractivity contribution in [3.8, 4) is 17.2 Å². The van der Waals surface area contributed by atoms with E-state index in [1.807, 2.05) is 6.92 Å². The summed E-state index contributed by atoms with van der Waals surface area (Å²) >= 11 is 0. The summed E-state index contributed by atoms with van der Waals surface area (Å²) in [6.45, 7) is 5.14. The Kier molecular flexibility index (Phi) is 7.42. The van der Waals surface area contributed by atoms with Gasteiger partial charge in [-0.15, -0.1) is 10.2 Å². The summed E-state index contributed by atoms with van der Waals surface area (Å²) in [6, 6.07) is 5.09. The standard InChI is InChI=1S/C23H30N6O6S2/c1-14-11-24-21(25-12-14)15(2)16(3)37(32,33)28-23-27-26-22(17-9-10-36(30,31)13-17)29(23)20-18(34-4)7-6-8-19(20)35-5/h6-8,11-12,15-17H,9-10,13H2,1-5H3,(H,27,28)/t15?,16?,17-/m0/s1. The lowest BCUT2D eigenvalue weighted by molar-refractivity contribution is 0.390. The minimum atomic E-state index is -4.03. The molecule has 0 bridgehead atoms. The van der Waals surface area contributed by atoms with Crippen molar-refractivity contribution in [3.05, 3.63) is 47.8 Å². The molecule has 14 heteroatoms. The summed E-state index contributed by atoms with van der Waals surface area (Å²) in [5.74, 6) is 0.209. The minimum Gasteiger partial charge on any atom is -0.494 e. The van der Waals surface area contributed by atoms with Crippen LogP contribution in [0.15, 0.2) is 30.6 Å². The molecule has 1 aliphatic heterocycles. The summed E-state index contributed by atoms with van der Waals surface area (Å²) in [5.41, 5.74) is 1.22. The summed E-state index contributed by atoms with van der Waals surface area (Å²) in [7, 11) is -4.34. The van der Waals surface area contributed by atoms with Crippen molar-refractivity contribution in [1.29, 1.82) is 0 Å². The number of anilines is 1. The molecular formula is C23H30N6O6S2. The van der Waals surface area contributed by atoms with Crippen molar-refractivity contribution in [3.63, 3.8) is 0 Å². The molecule has 0 amide bonds. The Morgan fingerprint density at radius 2 is 1.70 bits per heavy atom. The second-order valence-electron chi connectivity index (χ2n) is 9.09. The molecule has 4 rings (SSSR count). The van der Waals surface area contributed by atoms with Crippen LogP contribution in [0.3, 0.4) is 0 Å². The van der Waals surface area contributed by atoms with E-state index in [1.54, 1.807) is 44.4 Å². The largest absolute Gasteiger partial charge is 0.494 e. The SMILES string of the molecule is COc1cccc(OC)c1-n1c(NS(=O)(=O)C(C)C(C)c2ncc(C)cn2)nnc1[C@H]1CCS(=O)(=O)C1. The van der Waals surface area contributed by atoms with E-state index < -0.39 is 36.9 Å². The number of methoxy groups -OCH3 is 2. The summed E-state index contributed by atoms with van der Waals surface area (Å²) in [6.07, 6.45) is 3.61. The highest BCUT2D eigenvalue weighted by molar-refractivity contribution is 7.93. The molecule has 0 spiro atoms. The highest BCUT2D eigenvalue weighted by Gasteiger charge is 2.37. The fourth-order valence-corrected chi connectivity index (χ4v) is 7.21. The molecule has 2 unspecified atom stereocenters. The van der Waals surface area contributed by atoms with Gasteiger partial charge in [0, 0.05) is 24.2 Å². The van der Waals surface area contributed by atoms with E-state index in [9.17, 15) is 16.8 Å². The lowest BCUT2D eigenvalue weighted by Crippen LogP contribution is -2.31. The first-order valence-corrected chi connectivity index (χ1v) is 15.0.